The predicted molar refractivity (Wildman–Crippen MR) is 80.0 cm³/mol. The Morgan fingerprint density at radius 1 is 1.32 bits per heavy atom. The molecule has 1 aliphatic rings. The molecule has 2 N–H and O–H groups in total. The van der Waals surface area contributed by atoms with Gasteiger partial charge in [0, 0.05) is 24.2 Å². The molecule has 19 heavy (non-hydrogen) atoms. The molecule has 1 fully saturated rings. The minimum absolute atomic E-state index is 0. The average Bonchev–Trinajstić information content (AvgIpc) is 2.38. The Bertz CT molecular complexity index is 397. The first kappa shape index (κ1) is 16.4. The Kier molecular flexibility index (Phi) is 6.24. The van der Waals surface area contributed by atoms with Crippen LogP contribution in [0.5, 0.6) is 0 Å². The molecule has 3 unspecified atom stereocenters. The van der Waals surface area contributed by atoms with Gasteiger partial charge in [0.15, 0.2) is 0 Å². The van der Waals surface area contributed by atoms with E-state index in [2.05, 4.69) is 18.7 Å². The number of hydrogen-bond acceptors (Lipinski definition) is 2. The summed E-state index contributed by atoms with van der Waals surface area (Å²) in [6.07, 6.45) is 2.35. The summed E-state index contributed by atoms with van der Waals surface area (Å²) in [6.45, 7) is 6.18. The lowest BCUT2D eigenvalue weighted by atomic mass is 9.90. The highest BCUT2D eigenvalue weighted by Crippen LogP contribution is 2.28. The van der Waals surface area contributed by atoms with Crippen LogP contribution in [0.3, 0.4) is 0 Å². The van der Waals surface area contributed by atoms with E-state index in [4.69, 9.17) is 5.73 Å². The maximum Gasteiger partial charge on any atom is 0.127 e. The summed E-state index contributed by atoms with van der Waals surface area (Å²) in [5, 5.41) is 0. The van der Waals surface area contributed by atoms with Crippen molar-refractivity contribution in [3.05, 3.63) is 35.6 Å². The van der Waals surface area contributed by atoms with Gasteiger partial charge in [0.1, 0.15) is 5.82 Å². The molecule has 0 bridgehead atoms. The van der Waals surface area contributed by atoms with E-state index in [1.807, 2.05) is 12.1 Å². The molecule has 2 rings (SSSR count). The van der Waals surface area contributed by atoms with Crippen LogP contribution >= 0.6 is 12.4 Å². The Morgan fingerprint density at radius 3 is 2.63 bits per heavy atom. The Morgan fingerprint density at radius 2 is 2.00 bits per heavy atom. The molecule has 0 amide bonds. The molecule has 0 spiro atoms. The number of halogens is 2. The highest BCUT2D eigenvalue weighted by molar-refractivity contribution is 5.85. The van der Waals surface area contributed by atoms with E-state index in [-0.39, 0.29) is 30.3 Å². The second kappa shape index (κ2) is 7.22. The normalized spacial score (nSPS) is 23.5. The van der Waals surface area contributed by atoms with Crippen LogP contribution in [0, 0.1) is 11.7 Å². The van der Waals surface area contributed by atoms with E-state index < -0.39 is 0 Å². The summed E-state index contributed by atoms with van der Waals surface area (Å²) in [6, 6.07) is 7.43. The van der Waals surface area contributed by atoms with E-state index in [1.165, 1.54) is 6.42 Å². The van der Waals surface area contributed by atoms with Crippen LogP contribution in [-0.4, -0.2) is 24.0 Å². The molecule has 1 aromatic rings. The minimum Gasteiger partial charge on any atom is -0.328 e. The van der Waals surface area contributed by atoms with Crippen molar-refractivity contribution in [2.45, 2.75) is 38.8 Å². The van der Waals surface area contributed by atoms with Gasteiger partial charge in [-0.1, -0.05) is 18.2 Å². The molecule has 0 saturated carbocycles. The third-order valence-electron chi connectivity index (χ3n) is 4.14. The second-order valence-corrected chi connectivity index (χ2v) is 5.45. The molecule has 1 saturated heterocycles. The van der Waals surface area contributed by atoms with Gasteiger partial charge in [-0.2, -0.15) is 0 Å². The van der Waals surface area contributed by atoms with E-state index >= 15 is 0 Å². The molecular formula is C15H24ClFN2. The molecule has 1 aromatic carbocycles. The van der Waals surface area contributed by atoms with Crippen LogP contribution in [0.25, 0.3) is 0 Å². The molecule has 0 aromatic heterocycles. The number of hydrogen-bond donors (Lipinski definition) is 1. The van der Waals surface area contributed by atoms with Gasteiger partial charge >= 0.3 is 0 Å². The first-order valence-electron chi connectivity index (χ1n) is 6.83. The van der Waals surface area contributed by atoms with Crippen molar-refractivity contribution < 1.29 is 4.39 Å². The molecule has 3 atom stereocenters. The van der Waals surface area contributed by atoms with Gasteiger partial charge in [-0.15, -0.1) is 12.4 Å². The lowest BCUT2D eigenvalue weighted by molar-refractivity contribution is 0.120. The number of likely N-dealkylation sites (tertiary alicyclic amines) is 1. The SMILES string of the molecule is CC(N)C1CCCN(C(C)c2ccccc2F)C1.Cl. The molecule has 1 aliphatic heterocycles. The first-order valence-corrected chi connectivity index (χ1v) is 6.83. The predicted octanol–water partition coefficient (Wildman–Crippen LogP) is 3.37. The Labute approximate surface area is 121 Å². The maximum atomic E-state index is 13.8. The summed E-state index contributed by atoms with van der Waals surface area (Å²) in [5.74, 6) is 0.431. The molecule has 2 nitrogen and oxygen atoms in total. The lowest BCUT2D eigenvalue weighted by Gasteiger charge is -2.38. The summed E-state index contributed by atoms with van der Waals surface area (Å²) in [7, 11) is 0. The maximum absolute atomic E-state index is 13.8. The van der Waals surface area contributed by atoms with Crippen molar-refractivity contribution >= 4 is 12.4 Å². The zero-order valence-corrected chi connectivity index (χ0v) is 12.5. The van der Waals surface area contributed by atoms with Crippen LogP contribution in [0.1, 0.15) is 38.3 Å². The standard InChI is InChI=1S/C15H23FN2.ClH/c1-11(17)13-6-5-9-18(10-13)12(2)14-7-3-4-8-15(14)16;/h3-4,7-8,11-13H,5-6,9-10,17H2,1-2H3;1H. The average molecular weight is 287 g/mol. The largest absolute Gasteiger partial charge is 0.328 e. The zero-order chi connectivity index (χ0) is 13.1. The van der Waals surface area contributed by atoms with Crippen LogP contribution in [0.2, 0.25) is 0 Å². The Hall–Kier alpha value is -0.640. The monoisotopic (exact) mass is 286 g/mol. The van der Waals surface area contributed by atoms with Crippen molar-refractivity contribution in [1.82, 2.24) is 4.90 Å². The molecule has 4 heteroatoms. The van der Waals surface area contributed by atoms with Gasteiger partial charge < -0.3 is 5.73 Å². The van der Waals surface area contributed by atoms with Crippen molar-refractivity contribution in [3.8, 4) is 0 Å². The van der Waals surface area contributed by atoms with Crippen LogP contribution in [0.4, 0.5) is 4.39 Å². The van der Waals surface area contributed by atoms with Gasteiger partial charge in [0.25, 0.3) is 0 Å². The van der Waals surface area contributed by atoms with Crippen LogP contribution in [0.15, 0.2) is 24.3 Å². The van der Waals surface area contributed by atoms with Gasteiger partial charge in [0.2, 0.25) is 0 Å². The third-order valence-corrected chi connectivity index (χ3v) is 4.14. The fraction of sp³-hybridized carbons (Fsp3) is 0.600. The summed E-state index contributed by atoms with van der Waals surface area (Å²) in [5.41, 5.74) is 6.79. The van der Waals surface area contributed by atoms with E-state index in [9.17, 15) is 4.39 Å². The fourth-order valence-electron chi connectivity index (χ4n) is 2.83. The van der Waals surface area contributed by atoms with E-state index in [0.717, 1.165) is 25.1 Å². The smallest absolute Gasteiger partial charge is 0.127 e. The molecule has 0 aliphatic carbocycles. The first-order chi connectivity index (χ1) is 8.59. The van der Waals surface area contributed by atoms with Crippen LogP contribution in [-0.2, 0) is 0 Å². The van der Waals surface area contributed by atoms with E-state index in [0.29, 0.717) is 5.92 Å². The highest BCUT2D eigenvalue weighted by Gasteiger charge is 2.27. The van der Waals surface area contributed by atoms with Gasteiger partial charge in [-0.05, 0) is 45.2 Å². The lowest BCUT2D eigenvalue weighted by Crippen LogP contribution is -2.43. The van der Waals surface area contributed by atoms with E-state index in [1.54, 1.807) is 12.1 Å². The molecule has 108 valence electrons. The third kappa shape index (κ3) is 3.91. The molecule has 0 radical (unpaired) electrons. The molecular weight excluding hydrogens is 263 g/mol. The Balaban J connectivity index is 0.00000180. The van der Waals surface area contributed by atoms with Crippen molar-refractivity contribution in [1.29, 1.82) is 0 Å². The number of rotatable bonds is 3. The van der Waals surface area contributed by atoms with Crippen LogP contribution < -0.4 is 5.73 Å². The van der Waals surface area contributed by atoms with Crippen molar-refractivity contribution in [2.75, 3.05) is 13.1 Å². The summed E-state index contributed by atoms with van der Waals surface area (Å²) < 4.78 is 13.8. The number of nitrogens with zero attached hydrogens (tertiary/aromatic N) is 1. The van der Waals surface area contributed by atoms with Crippen molar-refractivity contribution in [3.63, 3.8) is 0 Å². The quantitative estimate of drug-likeness (QED) is 0.923. The second-order valence-electron chi connectivity index (χ2n) is 5.45. The molecule has 1 heterocycles. The highest BCUT2D eigenvalue weighted by atomic mass is 35.5. The van der Waals surface area contributed by atoms with Gasteiger partial charge in [0.05, 0.1) is 0 Å². The zero-order valence-electron chi connectivity index (χ0n) is 11.7. The minimum atomic E-state index is -0.104. The number of nitrogens with two attached hydrogens (primary N) is 1. The topological polar surface area (TPSA) is 29.3 Å². The summed E-state index contributed by atoms with van der Waals surface area (Å²) >= 11 is 0. The fourth-order valence-corrected chi connectivity index (χ4v) is 2.83. The van der Waals surface area contributed by atoms with Gasteiger partial charge in [-0.3, -0.25) is 4.90 Å². The van der Waals surface area contributed by atoms with Crippen molar-refractivity contribution in [2.24, 2.45) is 11.7 Å². The number of piperidine rings is 1. The van der Waals surface area contributed by atoms with Gasteiger partial charge in [-0.25, -0.2) is 4.39 Å². The summed E-state index contributed by atoms with van der Waals surface area (Å²) in [4.78, 5) is 2.36. The number of benzene rings is 1.